The minimum Gasteiger partial charge on any atom is -0.382 e. The molecule has 1 atom stereocenters. The van der Waals surface area contributed by atoms with Crippen LogP contribution < -0.4 is 5.32 Å². The predicted octanol–water partition coefficient (Wildman–Crippen LogP) is 3.86. The zero-order chi connectivity index (χ0) is 14.7. The lowest BCUT2D eigenvalue weighted by molar-refractivity contribution is 0.328. The van der Waals surface area contributed by atoms with Crippen LogP contribution in [-0.4, -0.2) is 20.8 Å². The third-order valence-electron chi connectivity index (χ3n) is 4.58. The Morgan fingerprint density at radius 3 is 2.76 bits per heavy atom. The van der Waals surface area contributed by atoms with E-state index in [0.29, 0.717) is 6.04 Å². The highest BCUT2D eigenvalue weighted by Crippen LogP contribution is 2.29. The van der Waals surface area contributed by atoms with Gasteiger partial charge < -0.3 is 9.88 Å². The van der Waals surface area contributed by atoms with Crippen LogP contribution in [-0.2, 0) is 7.05 Å². The molecule has 0 aliphatic heterocycles. The molecule has 0 radical (unpaired) electrons. The minimum atomic E-state index is 0.528. The van der Waals surface area contributed by atoms with Crippen molar-refractivity contribution in [3.8, 4) is 11.4 Å². The summed E-state index contributed by atoms with van der Waals surface area (Å²) in [5, 5.41) is 11.8. The van der Waals surface area contributed by atoms with Crippen molar-refractivity contribution >= 4 is 5.69 Å². The van der Waals surface area contributed by atoms with E-state index in [4.69, 9.17) is 0 Å². The topological polar surface area (TPSA) is 42.7 Å². The van der Waals surface area contributed by atoms with Gasteiger partial charge in [0.15, 0.2) is 5.82 Å². The summed E-state index contributed by atoms with van der Waals surface area (Å²) < 4.78 is 1.95. The van der Waals surface area contributed by atoms with Gasteiger partial charge in [0.25, 0.3) is 0 Å². The van der Waals surface area contributed by atoms with Gasteiger partial charge in [-0.05, 0) is 37.8 Å². The normalized spacial score (nSPS) is 17.6. The summed E-state index contributed by atoms with van der Waals surface area (Å²) in [6.07, 6.45) is 8.63. The molecule has 1 fully saturated rings. The van der Waals surface area contributed by atoms with E-state index in [-0.39, 0.29) is 0 Å². The van der Waals surface area contributed by atoms with Crippen molar-refractivity contribution in [3.63, 3.8) is 0 Å². The Labute approximate surface area is 126 Å². The van der Waals surface area contributed by atoms with E-state index in [2.05, 4.69) is 46.7 Å². The van der Waals surface area contributed by atoms with E-state index in [0.717, 1.165) is 17.3 Å². The number of anilines is 1. The van der Waals surface area contributed by atoms with Gasteiger partial charge >= 0.3 is 0 Å². The second-order valence-corrected chi connectivity index (χ2v) is 6.18. The van der Waals surface area contributed by atoms with Crippen molar-refractivity contribution in [2.75, 3.05) is 5.32 Å². The largest absolute Gasteiger partial charge is 0.382 e. The SMILES string of the molecule is CC(Nc1cccc(-c2nncn2C)c1)C1CCCCC1. The molecule has 0 spiro atoms. The number of hydrogen-bond acceptors (Lipinski definition) is 3. The second-order valence-electron chi connectivity index (χ2n) is 6.18. The molecule has 2 aromatic rings. The molecule has 1 aromatic carbocycles. The van der Waals surface area contributed by atoms with Gasteiger partial charge in [-0.3, -0.25) is 0 Å². The Hall–Kier alpha value is -1.84. The van der Waals surface area contributed by atoms with Crippen molar-refractivity contribution < 1.29 is 0 Å². The minimum absolute atomic E-state index is 0.528. The molecule has 4 heteroatoms. The number of hydrogen-bond donors (Lipinski definition) is 1. The molecule has 1 aliphatic carbocycles. The molecule has 1 aromatic heterocycles. The number of nitrogens with one attached hydrogen (secondary N) is 1. The molecule has 0 bridgehead atoms. The van der Waals surface area contributed by atoms with Crippen LogP contribution in [0.5, 0.6) is 0 Å². The summed E-state index contributed by atoms with van der Waals surface area (Å²) in [5.41, 5.74) is 2.28. The van der Waals surface area contributed by atoms with Gasteiger partial charge in [-0.2, -0.15) is 0 Å². The molecule has 112 valence electrons. The Bertz CT molecular complexity index is 584. The van der Waals surface area contributed by atoms with Crippen molar-refractivity contribution in [2.24, 2.45) is 13.0 Å². The lowest BCUT2D eigenvalue weighted by atomic mass is 9.84. The van der Waals surface area contributed by atoms with Gasteiger partial charge in [0, 0.05) is 24.3 Å². The van der Waals surface area contributed by atoms with Crippen LogP contribution in [0.2, 0.25) is 0 Å². The number of rotatable bonds is 4. The first-order valence-electron chi connectivity index (χ1n) is 7.95. The fourth-order valence-electron chi connectivity index (χ4n) is 3.31. The molecule has 1 aliphatic rings. The fourth-order valence-corrected chi connectivity index (χ4v) is 3.31. The molecule has 1 saturated carbocycles. The van der Waals surface area contributed by atoms with Gasteiger partial charge in [0.2, 0.25) is 0 Å². The summed E-state index contributed by atoms with van der Waals surface area (Å²) >= 11 is 0. The molecule has 1 unspecified atom stereocenters. The van der Waals surface area contributed by atoms with Crippen molar-refractivity contribution in [1.82, 2.24) is 14.8 Å². The average Bonchev–Trinajstić information content (AvgIpc) is 2.94. The molecule has 1 heterocycles. The molecule has 21 heavy (non-hydrogen) atoms. The summed E-state index contributed by atoms with van der Waals surface area (Å²) in [6.45, 7) is 2.31. The quantitative estimate of drug-likeness (QED) is 0.927. The summed E-state index contributed by atoms with van der Waals surface area (Å²) in [5.74, 6) is 1.71. The van der Waals surface area contributed by atoms with Gasteiger partial charge in [0.1, 0.15) is 6.33 Å². The van der Waals surface area contributed by atoms with E-state index in [9.17, 15) is 0 Å². The summed E-state index contributed by atoms with van der Waals surface area (Å²) in [4.78, 5) is 0. The maximum absolute atomic E-state index is 4.18. The third-order valence-corrected chi connectivity index (χ3v) is 4.58. The van der Waals surface area contributed by atoms with Crippen molar-refractivity contribution in [1.29, 1.82) is 0 Å². The second kappa shape index (κ2) is 6.29. The monoisotopic (exact) mass is 284 g/mol. The maximum atomic E-state index is 4.18. The van der Waals surface area contributed by atoms with Crippen LogP contribution in [0, 0.1) is 5.92 Å². The summed E-state index contributed by atoms with van der Waals surface area (Å²) in [6, 6.07) is 9.00. The van der Waals surface area contributed by atoms with Crippen LogP contribution >= 0.6 is 0 Å². The van der Waals surface area contributed by atoms with E-state index < -0.39 is 0 Å². The lowest BCUT2D eigenvalue weighted by Gasteiger charge is -2.29. The smallest absolute Gasteiger partial charge is 0.163 e. The first-order valence-corrected chi connectivity index (χ1v) is 7.95. The fraction of sp³-hybridized carbons (Fsp3) is 0.529. The van der Waals surface area contributed by atoms with E-state index >= 15 is 0 Å². The maximum Gasteiger partial charge on any atom is 0.163 e. The highest BCUT2D eigenvalue weighted by atomic mass is 15.2. The molecule has 1 N–H and O–H groups in total. The van der Waals surface area contributed by atoms with Crippen LogP contribution in [0.4, 0.5) is 5.69 Å². The number of nitrogens with zero attached hydrogens (tertiary/aromatic N) is 3. The molecule has 4 nitrogen and oxygen atoms in total. The standard InChI is InChI=1S/C17H24N4/c1-13(14-7-4-3-5-8-14)19-16-10-6-9-15(11-16)17-20-18-12-21(17)2/h6,9-14,19H,3-5,7-8H2,1-2H3. The first-order chi connectivity index (χ1) is 10.2. The number of benzene rings is 1. The van der Waals surface area contributed by atoms with E-state index in [1.165, 1.54) is 37.8 Å². The van der Waals surface area contributed by atoms with Crippen molar-refractivity contribution in [2.45, 2.75) is 45.1 Å². The zero-order valence-electron chi connectivity index (χ0n) is 12.9. The Morgan fingerprint density at radius 2 is 2.05 bits per heavy atom. The molecular formula is C17H24N4. The Morgan fingerprint density at radius 1 is 1.24 bits per heavy atom. The van der Waals surface area contributed by atoms with Crippen LogP contribution in [0.3, 0.4) is 0 Å². The van der Waals surface area contributed by atoms with Crippen molar-refractivity contribution in [3.05, 3.63) is 30.6 Å². The Kier molecular flexibility index (Phi) is 4.23. The van der Waals surface area contributed by atoms with Gasteiger partial charge in [-0.25, -0.2) is 0 Å². The highest BCUT2D eigenvalue weighted by molar-refractivity contribution is 5.62. The molecular weight excluding hydrogens is 260 g/mol. The third kappa shape index (κ3) is 3.26. The summed E-state index contributed by atoms with van der Waals surface area (Å²) in [7, 11) is 1.97. The van der Waals surface area contributed by atoms with Gasteiger partial charge in [-0.1, -0.05) is 31.4 Å². The first kappa shape index (κ1) is 14.1. The van der Waals surface area contributed by atoms with E-state index in [1.54, 1.807) is 6.33 Å². The Balaban J connectivity index is 1.72. The van der Waals surface area contributed by atoms with Crippen LogP contribution in [0.1, 0.15) is 39.0 Å². The molecule has 0 saturated heterocycles. The average molecular weight is 284 g/mol. The molecule has 0 amide bonds. The predicted molar refractivity (Wildman–Crippen MR) is 86.1 cm³/mol. The zero-order valence-corrected chi connectivity index (χ0v) is 12.9. The number of aryl methyl sites for hydroxylation is 1. The lowest BCUT2D eigenvalue weighted by Crippen LogP contribution is -2.27. The highest BCUT2D eigenvalue weighted by Gasteiger charge is 2.19. The van der Waals surface area contributed by atoms with Gasteiger partial charge in [-0.15, -0.1) is 10.2 Å². The van der Waals surface area contributed by atoms with Gasteiger partial charge in [0.05, 0.1) is 0 Å². The van der Waals surface area contributed by atoms with Crippen LogP contribution in [0.15, 0.2) is 30.6 Å². The molecule has 3 rings (SSSR count). The number of aromatic nitrogens is 3. The van der Waals surface area contributed by atoms with E-state index in [1.807, 2.05) is 11.6 Å². The van der Waals surface area contributed by atoms with Crippen LogP contribution in [0.25, 0.3) is 11.4 Å².